The summed E-state index contributed by atoms with van der Waals surface area (Å²) in [6, 6.07) is 19.1. The fourth-order valence-electron chi connectivity index (χ4n) is 5.44. The molecule has 8 heteroatoms. The third-order valence-electron chi connectivity index (χ3n) is 6.71. The lowest BCUT2D eigenvalue weighted by Gasteiger charge is -2.51. The normalized spacial score (nSPS) is 32.5. The van der Waals surface area contributed by atoms with Crippen LogP contribution < -0.4 is 0 Å². The number of benzene rings is 2. The standard InChI is InChI=1S/C22H26N2O4S2/c25-29(26)13-19-21(15-29)24(12-18-9-5-2-6-10-18)22-16-30(27,28)14-20(22)23(19)11-17-7-3-1-4-8-17/h1-10,19-22H,11-16H2/t19-,20-,21-,22+/m0/s1. The average Bonchev–Trinajstić information content (AvgIpc) is 3.21. The highest BCUT2D eigenvalue weighted by Gasteiger charge is 2.57. The van der Waals surface area contributed by atoms with E-state index < -0.39 is 19.7 Å². The van der Waals surface area contributed by atoms with Gasteiger partial charge in [0.1, 0.15) is 0 Å². The van der Waals surface area contributed by atoms with E-state index in [9.17, 15) is 16.8 Å². The minimum atomic E-state index is -3.17. The summed E-state index contributed by atoms with van der Waals surface area (Å²) in [5, 5.41) is 0. The van der Waals surface area contributed by atoms with Gasteiger partial charge in [-0.1, -0.05) is 60.7 Å². The monoisotopic (exact) mass is 446 g/mol. The maximum Gasteiger partial charge on any atom is 0.153 e. The molecule has 0 aliphatic carbocycles. The molecule has 0 amide bonds. The van der Waals surface area contributed by atoms with Gasteiger partial charge in [-0.3, -0.25) is 9.80 Å². The van der Waals surface area contributed by atoms with Crippen molar-refractivity contribution < 1.29 is 16.8 Å². The van der Waals surface area contributed by atoms with Crippen LogP contribution in [0.1, 0.15) is 11.1 Å². The number of nitrogens with zero attached hydrogens (tertiary/aromatic N) is 2. The largest absolute Gasteiger partial charge is 0.288 e. The summed E-state index contributed by atoms with van der Waals surface area (Å²) in [6.07, 6.45) is 0. The highest BCUT2D eigenvalue weighted by Crippen LogP contribution is 2.39. The van der Waals surface area contributed by atoms with Crippen LogP contribution in [0.15, 0.2) is 60.7 Å². The van der Waals surface area contributed by atoms with Crippen LogP contribution in [0.3, 0.4) is 0 Å². The Morgan fingerprint density at radius 1 is 0.567 bits per heavy atom. The van der Waals surface area contributed by atoms with Crippen molar-refractivity contribution in [3.63, 3.8) is 0 Å². The number of hydrogen-bond donors (Lipinski definition) is 0. The van der Waals surface area contributed by atoms with Gasteiger partial charge in [-0.05, 0) is 11.1 Å². The van der Waals surface area contributed by atoms with Crippen molar-refractivity contribution in [2.75, 3.05) is 23.0 Å². The van der Waals surface area contributed by atoms with Gasteiger partial charge in [0.25, 0.3) is 0 Å². The molecule has 0 saturated carbocycles. The fourth-order valence-corrected chi connectivity index (χ4v) is 9.45. The SMILES string of the molecule is O=S1(=O)C[C@@H]2[C@H](C1)N(Cc1ccccc1)[C@H]1CS(=O)(=O)C[C@@H]1N2Cc1ccccc1. The van der Waals surface area contributed by atoms with Gasteiger partial charge in [0, 0.05) is 37.3 Å². The third kappa shape index (κ3) is 3.82. The molecule has 2 aromatic rings. The Kier molecular flexibility index (Phi) is 5.01. The van der Waals surface area contributed by atoms with Crippen LogP contribution >= 0.6 is 0 Å². The summed E-state index contributed by atoms with van der Waals surface area (Å²) in [5.74, 6) is 0.385. The van der Waals surface area contributed by atoms with Crippen molar-refractivity contribution in [3.8, 4) is 0 Å². The van der Waals surface area contributed by atoms with Crippen LogP contribution in [0.25, 0.3) is 0 Å². The second-order valence-electron chi connectivity index (χ2n) is 8.74. The predicted octanol–water partition coefficient (Wildman–Crippen LogP) is 1.34. The molecule has 3 fully saturated rings. The van der Waals surface area contributed by atoms with Crippen LogP contribution in [0.4, 0.5) is 0 Å². The molecule has 0 aromatic heterocycles. The summed E-state index contributed by atoms with van der Waals surface area (Å²) >= 11 is 0. The van der Waals surface area contributed by atoms with E-state index in [1.807, 2.05) is 60.7 Å². The topological polar surface area (TPSA) is 74.8 Å². The molecule has 5 rings (SSSR count). The lowest BCUT2D eigenvalue weighted by atomic mass is 9.93. The van der Waals surface area contributed by atoms with E-state index in [0.29, 0.717) is 13.1 Å². The van der Waals surface area contributed by atoms with Gasteiger partial charge in [0.15, 0.2) is 19.7 Å². The van der Waals surface area contributed by atoms with Crippen molar-refractivity contribution in [2.24, 2.45) is 0 Å². The molecule has 0 unspecified atom stereocenters. The minimum Gasteiger partial charge on any atom is -0.288 e. The molecular formula is C22H26N2O4S2. The van der Waals surface area contributed by atoms with E-state index >= 15 is 0 Å². The smallest absolute Gasteiger partial charge is 0.153 e. The molecule has 3 heterocycles. The van der Waals surface area contributed by atoms with Crippen molar-refractivity contribution in [3.05, 3.63) is 71.8 Å². The molecule has 160 valence electrons. The van der Waals surface area contributed by atoms with Crippen molar-refractivity contribution in [1.82, 2.24) is 9.80 Å². The fraction of sp³-hybridized carbons (Fsp3) is 0.455. The number of fused-ring (bicyclic) bond motifs is 2. The van der Waals surface area contributed by atoms with Gasteiger partial charge in [-0.2, -0.15) is 0 Å². The molecular weight excluding hydrogens is 420 g/mol. The summed E-state index contributed by atoms with van der Waals surface area (Å²) in [6.45, 7) is 1.15. The molecule has 0 spiro atoms. The molecule has 0 N–H and O–H groups in total. The third-order valence-corrected chi connectivity index (χ3v) is 10.1. The Bertz CT molecular complexity index is 993. The van der Waals surface area contributed by atoms with Gasteiger partial charge in [-0.15, -0.1) is 0 Å². The van der Waals surface area contributed by atoms with Crippen LogP contribution in [0.5, 0.6) is 0 Å². The molecule has 4 atom stereocenters. The van der Waals surface area contributed by atoms with Crippen LogP contribution in [-0.4, -0.2) is 73.8 Å². The maximum atomic E-state index is 12.7. The average molecular weight is 447 g/mol. The second kappa shape index (κ2) is 7.44. The highest BCUT2D eigenvalue weighted by atomic mass is 32.2. The predicted molar refractivity (Wildman–Crippen MR) is 116 cm³/mol. The molecule has 3 aliphatic heterocycles. The zero-order chi connectivity index (χ0) is 20.9. The zero-order valence-electron chi connectivity index (χ0n) is 16.7. The Labute approximate surface area is 178 Å². The van der Waals surface area contributed by atoms with Gasteiger partial charge in [-0.25, -0.2) is 16.8 Å². The molecule has 3 aliphatic rings. The van der Waals surface area contributed by atoms with Crippen LogP contribution in [0, 0.1) is 0 Å². The van der Waals surface area contributed by atoms with E-state index in [2.05, 4.69) is 9.80 Å². The molecule has 2 aromatic carbocycles. The first-order valence-electron chi connectivity index (χ1n) is 10.3. The van der Waals surface area contributed by atoms with Crippen molar-refractivity contribution >= 4 is 19.7 Å². The number of rotatable bonds is 4. The zero-order valence-corrected chi connectivity index (χ0v) is 18.3. The quantitative estimate of drug-likeness (QED) is 0.706. The number of piperazine rings is 1. The Hall–Kier alpha value is -1.74. The van der Waals surface area contributed by atoms with E-state index in [-0.39, 0.29) is 47.2 Å². The summed E-state index contributed by atoms with van der Waals surface area (Å²) in [4.78, 5) is 4.36. The Balaban J connectivity index is 1.54. The summed E-state index contributed by atoms with van der Waals surface area (Å²) in [5.41, 5.74) is 2.17. The van der Waals surface area contributed by atoms with Gasteiger partial charge >= 0.3 is 0 Å². The van der Waals surface area contributed by atoms with E-state index in [0.717, 1.165) is 11.1 Å². The van der Waals surface area contributed by atoms with Gasteiger partial charge in [0.2, 0.25) is 0 Å². The molecule has 0 bridgehead atoms. The Morgan fingerprint density at radius 2 is 0.867 bits per heavy atom. The van der Waals surface area contributed by atoms with Crippen molar-refractivity contribution in [1.29, 1.82) is 0 Å². The first kappa shape index (κ1) is 20.2. The number of sulfone groups is 2. The first-order valence-corrected chi connectivity index (χ1v) is 14.0. The number of hydrogen-bond acceptors (Lipinski definition) is 6. The molecule has 6 nitrogen and oxygen atoms in total. The van der Waals surface area contributed by atoms with Gasteiger partial charge < -0.3 is 0 Å². The van der Waals surface area contributed by atoms with Gasteiger partial charge in [0.05, 0.1) is 23.0 Å². The van der Waals surface area contributed by atoms with Crippen molar-refractivity contribution in [2.45, 2.75) is 37.3 Å². The van der Waals surface area contributed by atoms with E-state index in [1.165, 1.54) is 0 Å². The lowest BCUT2D eigenvalue weighted by Crippen LogP contribution is -2.67. The molecule has 3 saturated heterocycles. The second-order valence-corrected chi connectivity index (χ2v) is 13.0. The first-order chi connectivity index (χ1) is 14.3. The van der Waals surface area contributed by atoms with Crippen LogP contribution in [-0.2, 0) is 32.8 Å². The molecule has 0 radical (unpaired) electrons. The summed E-state index contributed by atoms with van der Waals surface area (Å²) < 4.78 is 50.7. The summed E-state index contributed by atoms with van der Waals surface area (Å²) in [7, 11) is -6.34. The lowest BCUT2D eigenvalue weighted by molar-refractivity contribution is -0.0341. The van der Waals surface area contributed by atoms with E-state index in [4.69, 9.17) is 0 Å². The maximum absolute atomic E-state index is 12.7. The minimum absolute atomic E-state index is 0.0963. The Morgan fingerprint density at radius 3 is 1.17 bits per heavy atom. The molecule has 30 heavy (non-hydrogen) atoms. The van der Waals surface area contributed by atoms with E-state index in [1.54, 1.807) is 0 Å². The van der Waals surface area contributed by atoms with Crippen LogP contribution in [0.2, 0.25) is 0 Å². The highest BCUT2D eigenvalue weighted by molar-refractivity contribution is 7.92.